The SMILES string of the molecule is CCNCCCCCCC=O. The lowest BCUT2D eigenvalue weighted by molar-refractivity contribution is -0.107. The van der Waals surface area contributed by atoms with Gasteiger partial charge in [-0.15, -0.1) is 0 Å². The summed E-state index contributed by atoms with van der Waals surface area (Å²) in [5, 5.41) is 3.27. The monoisotopic (exact) mass is 157 g/mol. The fraction of sp³-hybridized carbons (Fsp3) is 0.889. The second kappa shape index (κ2) is 9.63. The van der Waals surface area contributed by atoms with E-state index in [0.29, 0.717) is 0 Å². The first-order valence-corrected chi connectivity index (χ1v) is 4.56. The molecule has 0 aliphatic carbocycles. The molecular formula is C9H19NO. The minimum Gasteiger partial charge on any atom is -0.317 e. The van der Waals surface area contributed by atoms with Gasteiger partial charge in [0.05, 0.1) is 0 Å². The van der Waals surface area contributed by atoms with Crippen LogP contribution >= 0.6 is 0 Å². The molecule has 66 valence electrons. The van der Waals surface area contributed by atoms with Crippen LogP contribution in [-0.4, -0.2) is 19.4 Å². The summed E-state index contributed by atoms with van der Waals surface area (Å²) in [6.45, 7) is 4.30. The molecule has 0 aromatic carbocycles. The van der Waals surface area contributed by atoms with Gasteiger partial charge in [-0.1, -0.05) is 19.8 Å². The predicted molar refractivity (Wildman–Crippen MR) is 47.7 cm³/mol. The summed E-state index contributed by atoms with van der Waals surface area (Å²) in [7, 11) is 0. The van der Waals surface area contributed by atoms with E-state index in [1.165, 1.54) is 19.3 Å². The molecule has 0 aromatic rings. The van der Waals surface area contributed by atoms with Crippen LogP contribution in [0, 0.1) is 0 Å². The van der Waals surface area contributed by atoms with E-state index in [0.717, 1.165) is 32.2 Å². The maximum atomic E-state index is 9.93. The van der Waals surface area contributed by atoms with Crippen molar-refractivity contribution in [3.05, 3.63) is 0 Å². The second-order valence-corrected chi connectivity index (χ2v) is 2.72. The van der Waals surface area contributed by atoms with E-state index in [1.807, 2.05) is 0 Å². The molecule has 0 radical (unpaired) electrons. The molecule has 0 bridgehead atoms. The third kappa shape index (κ3) is 9.63. The molecule has 0 spiro atoms. The Morgan fingerprint density at radius 2 is 1.91 bits per heavy atom. The van der Waals surface area contributed by atoms with E-state index < -0.39 is 0 Å². The summed E-state index contributed by atoms with van der Waals surface area (Å²) < 4.78 is 0. The van der Waals surface area contributed by atoms with Crippen LogP contribution in [0.5, 0.6) is 0 Å². The molecule has 0 heterocycles. The quantitative estimate of drug-likeness (QED) is 0.429. The lowest BCUT2D eigenvalue weighted by Gasteiger charge is -1.99. The Morgan fingerprint density at radius 3 is 2.55 bits per heavy atom. The van der Waals surface area contributed by atoms with Gasteiger partial charge >= 0.3 is 0 Å². The highest BCUT2D eigenvalue weighted by Gasteiger charge is 1.88. The third-order valence-corrected chi connectivity index (χ3v) is 1.68. The van der Waals surface area contributed by atoms with E-state index in [9.17, 15) is 4.79 Å². The highest BCUT2D eigenvalue weighted by Crippen LogP contribution is 2.00. The highest BCUT2D eigenvalue weighted by atomic mass is 16.1. The third-order valence-electron chi connectivity index (χ3n) is 1.68. The van der Waals surface area contributed by atoms with Gasteiger partial charge in [0.1, 0.15) is 6.29 Å². The van der Waals surface area contributed by atoms with E-state index >= 15 is 0 Å². The molecule has 1 N–H and O–H groups in total. The summed E-state index contributed by atoms with van der Waals surface area (Å²) in [5.74, 6) is 0. The molecular weight excluding hydrogens is 138 g/mol. The smallest absolute Gasteiger partial charge is 0.119 e. The molecule has 2 nitrogen and oxygen atoms in total. The molecule has 0 rings (SSSR count). The molecule has 0 saturated carbocycles. The van der Waals surface area contributed by atoms with Crippen molar-refractivity contribution in [2.24, 2.45) is 0 Å². The van der Waals surface area contributed by atoms with E-state index in [1.54, 1.807) is 0 Å². The van der Waals surface area contributed by atoms with E-state index in [2.05, 4.69) is 12.2 Å². The number of carbonyl (C=O) groups excluding carboxylic acids is 1. The average Bonchev–Trinajstić information content (AvgIpc) is 2.03. The molecule has 0 saturated heterocycles. The summed E-state index contributed by atoms with van der Waals surface area (Å²) in [6.07, 6.45) is 6.50. The van der Waals surface area contributed by atoms with Gasteiger partial charge in [0.15, 0.2) is 0 Å². The van der Waals surface area contributed by atoms with Gasteiger partial charge in [-0.05, 0) is 25.9 Å². The molecule has 0 unspecified atom stereocenters. The van der Waals surface area contributed by atoms with Crippen LogP contribution in [0.15, 0.2) is 0 Å². The van der Waals surface area contributed by atoms with Crippen LogP contribution in [0.4, 0.5) is 0 Å². The number of unbranched alkanes of at least 4 members (excludes halogenated alkanes) is 4. The van der Waals surface area contributed by atoms with Crippen LogP contribution in [-0.2, 0) is 4.79 Å². The van der Waals surface area contributed by atoms with Crippen molar-refractivity contribution in [2.75, 3.05) is 13.1 Å². The number of rotatable bonds is 8. The zero-order chi connectivity index (χ0) is 8.36. The van der Waals surface area contributed by atoms with Gasteiger partial charge in [-0.25, -0.2) is 0 Å². The van der Waals surface area contributed by atoms with Gasteiger partial charge in [0.25, 0.3) is 0 Å². The van der Waals surface area contributed by atoms with Crippen LogP contribution in [0.25, 0.3) is 0 Å². The van der Waals surface area contributed by atoms with Crippen LogP contribution in [0.3, 0.4) is 0 Å². The number of aldehydes is 1. The topological polar surface area (TPSA) is 29.1 Å². The maximum Gasteiger partial charge on any atom is 0.119 e. The molecule has 0 aliphatic rings. The average molecular weight is 157 g/mol. The van der Waals surface area contributed by atoms with Crippen molar-refractivity contribution in [3.8, 4) is 0 Å². The fourth-order valence-corrected chi connectivity index (χ4v) is 1.01. The van der Waals surface area contributed by atoms with Crippen LogP contribution in [0.1, 0.15) is 39.0 Å². The molecule has 0 fully saturated rings. The largest absolute Gasteiger partial charge is 0.317 e. The van der Waals surface area contributed by atoms with Crippen molar-refractivity contribution in [3.63, 3.8) is 0 Å². The minimum absolute atomic E-state index is 0.737. The van der Waals surface area contributed by atoms with Crippen molar-refractivity contribution >= 4 is 6.29 Å². The first-order valence-electron chi connectivity index (χ1n) is 4.56. The Hall–Kier alpha value is -0.370. The van der Waals surface area contributed by atoms with Crippen molar-refractivity contribution in [2.45, 2.75) is 39.0 Å². The minimum atomic E-state index is 0.737. The lowest BCUT2D eigenvalue weighted by atomic mass is 10.1. The first-order chi connectivity index (χ1) is 5.41. The van der Waals surface area contributed by atoms with E-state index in [-0.39, 0.29) is 0 Å². The zero-order valence-electron chi connectivity index (χ0n) is 7.44. The van der Waals surface area contributed by atoms with Gasteiger partial charge in [0, 0.05) is 6.42 Å². The Bertz CT molecular complexity index is 83.6. The number of hydrogen-bond donors (Lipinski definition) is 1. The number of hydrogen-bond acceptors (Lipinski definition) is 2. The highest BCUT2D eigenvalue weighted by molar-refractivity contribution is 5.48. The summed E-state index contributed by atoms with van der Waals surface area (Å²) in [6, 6.07) is 0. The first kappa shape index (κ1) is 10.6. The molecule has 11 heavy (non-hydrogen) atoms. The van der Waals surface area contributed by atoms with Crippen LogP contribution < -0.4 is 5.32 Å². The summed E-state index contributed by atoms with van der Waals surface area (Å²) >= 11 is 0. The number of carbonyl (C=O) groups is 1. The normalized spacial score (nSPS) is 9.91. The molecule has 0 aromatic heterocycles. The Balaban J connectivity index is 2.74. The molecule has 0 atom stereocenters. The van der Waals surface area contributed by atoms with Crippen molar-refractivity contribution in [1.29, 1.82) is 0 Å². The van der Waals surface area contributed by atoms with Gasteiger partial charge in [-0.3, -0.25) is 0 Å². The molecule has 0 aliphatic heterocycles. The van der Waals surface area contributed by atoms with Crippen molar-refractivity contribution < 1.29 is 4.79 Å². The van der Waals surface area contributed by atoms with Crippen LogP contribution in [0.2, 0.25) is 0 Å². The summed E-state index contributed by atoms with van der Waals surface area (Å²) in [5.41, 5.74) is 0. The lowest BCUT2D eigenvalue weighted by Crippen LogP contribution is -2.13. The Labute approximate surface area is 69.4 Å². The van der Waals surface area contributed by atoms with Crippen molar-refractivity contribution in [1.82, 2.24) is 5.32 Å². The summed E-state index contributed by atoms with van der Waals surface area (Å²) in [4.78, 5) is 9.93. The zero-order valence-corrected chi connectivity index (χ0v) is 7.44. The second-order valence-electron chi connectivity index (χ2n) is 2.72. The maximum absolute atomic E-state index is 9.93. The van der Waals surface area contributed by atoms with E-state index in [4.69, 9.17) is 0 Å². The van der Waals surface area contributed by atoms with Gasteiger partial charge in [0.2, 0.25) is 0 Å². The standard InChI is InChI=1S/C9H19NO/c1-2-10-8-6-4-3-5-7-9-11/h9-10H,2-8H2,1H3. The molecule has 2 heteroatoms. The number of nitrogens with one attached hydrogen (secondary N) is 1. The Kier molecular flexibility index (Phi) is 9.31. The Morgan fingerprint density at radius 1 is 1.18 bits per heavy atom. The van der Waals surface area contributed by atoms with Gasteiger partial charge < -0.3 is 10.1 Å². The molecule has 0 amide bonds. The predicted octanol–water partition coefficient (Wildman–Crippen LogP) is 1.75. The van der Waals surface area contributed by atoms with Gasteiger partial charge in [-0.2, -0.15) is 0 Å². The fourth-order valence-electron chi connectivity index (χ4n) is 1.01.